The van der Waals surface area contributed by atoms with Crippen molar-refractivity contribution in [1.29, 1.82) is 0 Å². The zero-order chi connectivity index (χ0) is 49.3. The maximum atomic E-state index is 12.9. The summed E-state index contributed by atoms with van der Waals surface area (Å²) in [5.74, 6) is -0.847. The van der Waals surface area contributed by atoms with E-state index in [1.165, 1.54) is 244 Å². The fourth-order valence-corrected chi connectivity index (χ4v) is 9.38. The van der Waals surface area contributed by atoms with Gasteiger partial charge in [0.25, 0.3) is 0 Å². The quantitative estimate of drug-likeness (QED) is 0.0262. The second-order valence-corrected chi connectivity index (χ2v) is 21.0. The van der Waals surface area contributed by atoms with Crippen LogP contribution in [-0.4, -0.2) is 37.2 Å². The Morgan fingerprint density at radius 2 is 0.485 bits per heavy atom. The third-order valence-corrected chi connectivity index (χ3v) is 14.0. The van der Waals surface area contributed by atoms with Gasteiger partial charge < -0.3 is 14.2 Å². The maximum absolute atomic E-state index is 12.9. The molecule has 0 aromatic rings. The molecule has 0 unspecified atom stereocenters. The number of ether oxygens (including phenoxy) is 3. The summed E-state index contributed by atoms with van der Waals surface area (Å²) in [6.07, 6.45) is 66.3. The van der Waals surface area contributed by atoms with E-state index in [1.54, 1.807) is 0 Å². The molecule has 0 saturated heterocycles. The van der Waals surface area contributed by atoms with Crippen molar-refractivity contribution in [2.45, 2.75) is 354 Å². The van der Waals surface area contributed by atoms with Crippen molar-refractivity contribution in [3.8, 4) is 0 Å². The second-order valence-electron chi connectivity index (χ2n) is 21.0. The Balaban J connectivity index is 4.30. The van der Waals surface area contributed by atoms with Crippen LogP contribution in [0.15, 0.2) is 12.2 Å². The van der Waals surface area contributed by atoms with E-state index in [4.69, 9.17) is 14.2 Å². The van der Waals surface area contributed by atoms with Crippen molar-refractivity contribution in [3.63, 3.8) is 0 Å². The SMILES string of the molecule is CCCCCCCCC/C=C\CCCCCCCC(=O)O[C@H](COC(=O)CCCCCCCCCCCCCCCCC)COC(=O)CCCCCCCCCCCCCCCCCCCCC. The Morgan fingerprint density at radius 3 is 0.735 bits per heavy atom. The first-order chi connectivity index (χ1) is 33.5. The number of unbranched alkanes of at least 4 members (excludes halogenated alkanes) is 44. The zero-order valence-electron chi connectivity index (χ0n) is 46.2. The Hall–Kier alpha value is -1.85. The van der Waals surface area contributed by atoms with Crippen LogP contribution in [0.25, 0.3) is 0 Å². The molecule has 0 saturated carbocycles. The molecule has 6 nitrogen and oxygen atoms in total. The van der Waals surface area contributed by atoms with Gasteiger partial charge in [-0.15, -0.1) is 0 Å². The van der Waals surface area contributed by atoms with Crippen LogP contribution in [-0.2, 0) is 28.6 Å². The van der Waals surface area contributed by atoms with Crippen LogP contribution in [0.1, 0.15) is 348 Å². The van der Waals surface area contributed by atoms with Crippen molar-refractivity contribution in [2.24, 2.45) is 0 Å². The molecule has 68 heavy (non-hydrogen) atoms. The lowest BCUT2D eigenvalue weighted by Gasteiger charge is -2.18. The summed E-state index contributed by atoms with van der Waals surface area (Å²) >= 11 is 0. The molecule has 0 N–H and O–H groups in total. The molecule has 0 aliphatic rings. The van der Waals surface area contributed by atoms with Gasteiger partial charge in [0.1, 0.15) is 13.2 Å². The Bertz CT molecular complexity index is 1060. The lowest BCUT2D eigenvalue weighted by atomic mass is 10.0. The van der Waals surface area contributed by atoms with Gasteiger partial charge >= 0.3 is 17.9 Å². The van der Waals surface area contributed by atoms with Gasteiger partial charge in [-0.05, 0) is 44.9 Å². The molecule has 1 atom stereocenters. The number of allylic oxidation sites excluding steroid dienone is 2. The molecule has 0 aromatic carbocycles. The fraction of sp³-hybridized carbons (Fsp3) is 0.919. The molecular formula is C62H118O6. The molecule has 0 aromatic heterocycles. The molecule has 0 spiro atoms. The predicted octanol–water partition coefficient (Wildman–Crippen LogP) is 20.5. The third kappa shape index (κ3) is 55.1. The highest BCUT2D eigenvalue weighted by Crippen LogP contribution is 2.18. The summed E-state index contributed by atoms with van der Waals surface area (Å²) in [5.41, 5.74) is 0. The van der Waals surface area contributed by atoms with Gasteiger partial charge in [0.2, 0.25) is 0 Å². The normalized spacial score (nSPS) is 12.0. The van der Waals surface area contributed by atoms with Gasteiger partial charge in [-0.1, -0.05) is 296 Å². The molecule has 0 aliphatic heterocycles. The first-order valence-electron chi connectivity index (χ1n) is 30.7. The standard InChI is InChI=1S/C62H118O6/c1-4-7-10-13-16-19-22-25-28-30-31-32-35-37-40-43-46-49-52-55-61(64)67-58-59(57-66-60(63)54-51-48-45-42-39-36-33-27-24-21-18-15-12-9-6-3)68-62(65)56-53-50-47-44-41-38-34-29-26-23-20-17-14-11-8-5-2/h29,34,59H,4-28,30-33,35-58H2,1-3H3/b34-29-/t59-/m1/s1. The Labute approximate surface area is 424 Å². The molecule has 0 fully saturated rings. The molecule has 0 radical (unpaired) electrons. The molecule has 6 heteroatoms. The van der Waals surface area contributed by atoms with E-state index in [0.29, 0.717) is 19.3 Å². The maximum Gasteiger partial charge on any atom is 0.306 e. The molecule has 402 valence electrons. The number of carbonyl (C=O) groups excluding carboxylic acids is 3. The van der Waals surface area contributed by atoms with E-state index in [9.17, 15) is 14.4 Å². The minimum atomic E-state index is -0.769. The third-order valence-electron chi connectivity index (χ3n) is 14.0. The van der Waals surface area contributed by atoms with Crippen LogP contribution in [0.5, 0.6) is 0 Å². The van der Waals surface area contributed by atoms with E-state index < -0.39 is 6.10 Å². The fourth-order valence-electron chi connectivity index (χ4n) is 9.38. The second kappa shape index (κ2) is 57.7. The van der Waals surface area contributed by atoms with Gasteiger partial charge in [0.05, 0.1) is 0 Å². The summed E-state index contributed by atoms with van der Waals surface area (Å²) in [6.45, 7) is 6.70. The smallest absolute Gasteiger partial charge is 0.306 e. The van der Waals surface area contributed by atoms with Crippen molar-refractivity contribution in [1.82, 2.24) is 0 Å². The zero-order valence-corrected chi connectivity index (χ0v) is 46.2. The first kappa shape index (κ1) is 66.2. The molecule has 0 heterocycles. The Morgan fingerprint density at radius 1 is 0.279 bits per heavy atom. The van der Waals surface area contributed by atoms with Crippen molar-refractivity contribution in [2.75, 3.05) is 13.2 Å². The number of esters is 3. The van der Waals surface area contributed by atoms with E-state index in [0.717, 1.165) is 64.2 Å². The van der Waals surface area contributed by atoms with Crippen molar-refractivity contribution >= 4 is 17.9 Å². The monoisotopic (exact) mass is 959 g/mol. The number of rotatable bonds is 57. The molecule has 0 amide bonds. The highest BCUT2D eigenvalue weighted by molar-refractivity contribution is 5.71. The summed E-state index contributed by atoms with van der Waals surface area (Å²) in [7, 11) is 0. The van der Waals surface area contributed by atoms with Crippen LogP contribution in [0, 0.1) is 0 Å². The summed E-state index contributed by atoms with van der Waals surface area (Å²) in [4.78, 5) is 38.2. The number of hydrogen-bond acceptors (Lipinski definition) is 6. The number of carbonyl (C=O) groups is 3. The topological polar surface area (TPSA) is 78.9 Å². The minimum Gasteiger partial charge on any atom is -0.462 e. The Kier molecular flexibility index (Phi) is 56.2. The first-order valence-corrected chi connectivity index (χ1v) is 30.7. The van der Waals surface area contributed by atoms with Crippen LogP contribution < -0.4 is 0 Å². The lowest BCUT2D eigenvalue weighted by molar-refractivity contribution is -0.167. The van der Waals surface area contributed by atoms with E-state index in [2.05, 4.69) is 32.9 Å². The summed E-state index contributed by atoms with van der Waals surface area (Å²) in [5, 5.41) is 0. The van der Waals surface area contributed by atoms with Gasteiger partial charge in [-0.2, -0.15) is 0 Å². The highest BCUT2D eigenvalue weighted by atomic mass is 16.6. The van der Waals surface area contributed by atoms with Gasteiger partial charge in [-0.25, -0.2) is 0 Å². The number of hydrogen-bond donors (Lipinski definition) is 0. The van der Waals surface area contributed by atoms with Crippen molar-refractivity contribution < 1.29 is 28.6 Å². The lowest BCUT2D eigenvalue weighted by Crippen LogP contribution is -2.30. The predicted molar refractivity (Wildman–Crippen MR) is 293 cm³/mol. The average molecular weight is 960 g/mol. The molecule has 0 bridgehead atoms. The largest absolute Gasteiger partial charge is 0.462 e. The van der Waals surface area contributed by atoms with E-state index in [1.807, 2.05) is 0 Å². The van der Waals surface area contributed by atoms with E-state index >= 15 is 0 Å². The minimum absolute atomic E-state index is 0.0671. The summed E-state index contributed by atoms with van der Waals surface area (Å²) in [6, 6.07) is 0. The van der Waals surface area contributed by atoms with Gasteiger partial charge in [0.15, 0.2) is 6.10 Å². The van der Waals surface area contributed by atoms with E-state index in [-0.39, 0.29) is 31.1 Å². The summed E-state index contributed by atoms with van der Waals surface area (Å²) < 4.78 is 16.9. The highest BCUT2D eigenvalue weighted by Gasteiger charge is 2.19. The molecular weight excluding hydrogens is 841 g/mol. The molecule has 0 aliphatic carbocycles. The van der Waals surface area contributed by atoms with Crippen LogP contribution in [0.2, 0.25) is 0 Å². The average Bonchev–Trinajstić information content (AvgIpc) is 3.34. The van der Waals surface area contributed by atoms with Crippen LogP contribution in [0.3, 0.4) is 0 Å². The van der Waals surface area contributed by atoms with Crippen LogP contribution in [0.4, 0.5) is 0 Å². The van der Waals surface area contributed by atoms with Gasteiger partial charge in [0, 0.05) is 19.3 Å². The van der Waals surface area contributed by atoms with Crippen LogP contribution >= 0.6 is 0 Å². The van der Waals surface area contributed by atoms with Crippen molar-refractivity contribution in [3.05, 3.63) is 12.2 Å². The van der Waals surface area contributed by atoms with Gasteiger partial charge in [-0.3, -0.25) is 14.4 Å². The molecule has 0 rings (SSSR count).